The molecule has 3 heterocycles. The van der Waals surface area contributed by atoms with Crippen molar-refractivity contribution in [2.75, 3.05) is 19.7 Å². The molecule has 1 spiro atoms. The molecule has 1 fully saturated rings. The standard InChI is InChI=1S/C22H25N5O3/c1-4-29-21(28)26-11-9-22(10-12-26)17(13-23)19(24)30-20-18(22)15(3)25-27(20)16-7-5-14(2)6-8-16/h5-8H,4,9-12,24H2,1-3H3. The van der Waals surface area contributed by atoms with Crippen molar-refractivity contribution in [3.63, 3.8) is 0 Å². The number of allylic oxidation sites excluding steroid dienone is 1. The van der Waals surface area contributed by atoms with Crippen molar-refractivity contribution in [2.24, 2.45) is 5.73 Å². The van der Waals surface area contributed by atoms with Gasteiger partial charge in [-0.3, -0.25) is 0 Å². The zero-order valence-electron chi connectivity index (χ0n) is 17.4. The van der Waals surface area contributed by atoms with E-state index in [-0.39, 0.29) is 12.0 Å². The van der Waals surface area contributed by atoms with E-state index in [1.165, 1.54) is 0 Å². The van der Waals surface area contributed by atoms with Gasteiger partial charge in [0.05, 0.1) is 18.0 Å². The quantitative estimate of drug-likeness (QED) is 0.820. The lowest BCUT2D eigenvalue weighted by Gasteiger charge is -2.43. The van der Waals surface area contributed by atoms with E-state index in [9.17, 15) is 10.1 Å². The van der Waals surface area contributed by atoms with Crippen molar-refractivity contribution < 1.29 is 14.3 Å². The highest BCUT2D eigenvalue weighted by molar-refractivity contribution is 5.68. The number of fused-ring (bicyclic) bond motifs is 2. The first-order valence-electron chi connectivity index (χ1n) is 10.1. The average Bonchev–Trinajstić information content (AvgIpc) is 3.06. The first-order chi connectivity index (χ1) is 14.4. The minimum absolute atomic E-state index is 0.0999. The molecule has 1 saturated heterocycles. The van der Waals surface area contributed by atoms with E-state index in [1.807, 2.05) is 38.1 Å². The summed E-state index contributed by atoms with van der Waals surface area (Å²) in [5.41, 5.74) is 9.66. The largest absolute Gasteiger partial charge is 0.450 e. The number of amides is 1. The molecule has 0 aliphatic carbocycles. The maximum absolute atomic E-state index is 12.2. The van der Waals surface area contributed by atoms with Gasteiger partial charge in [-0.1, -0.05) is 17.7 Å². The minimum atomic E-state index is -0.636. The van der Waals surface area contributed by atoms with Gasteiger partial charge in [-0.05, 0) is 45.7 Å². The Morgan fingerprint density at radius 1 is 1.30 bits per heavy atom. The number of carbonyl (C=O) groups is 1. The second kappa shape index (κ2) is 7.41. The van der Waals surface area contributed by atoms with Crippen LogP contribution in [0.4, 0.5) is 4.79 Å². The second-order valence-electron chi connectivity index (χ2n) is 7.73. The van der Waals surface area contributed by atoms with Crippen LogP contribution in [0.1, 0.15) is 36.6 Å². The Balaban J connectivity index is 1.79. The molecule has 30 heavy (non-hydrogen) atoms. The van der Waals surface area contributed by atoms with E-state index < -0.39 is 5.41 Å². The lowest BCUT2D eigenvalue weighted by atomic mass is 9.67. The number of nitrogens with zero attached hydrogens (tertiary/aromatic N) is 4. The van der Waals surface area contributed by atoms with E-state index in [0.717, 1.165) is 22.5 Å². The Kier molecular flexibility index (Phi) is 4.90. The first-order valence-corrected chi connectivity index (χ1v) is 10.1. The number of benzene rings is 1. The third-order valence-corrected chi connectivity index (χ3v) is 5.96. The third kappa shape index (κ3) is 2.98. The van der Waals surface area contributed by atoms with Crippen molar-refractivity contribution in [1.82, 2.24) is 14.7 Å². The molecule has 8 nitrogen and oxygen atoms in total. The Morgan fingerprint density at radius 2 is 1.97 bits per heavy atom. The summed E-state index contributed by atoms with van der Waals surface area (Å²) >= 11 is 0. The number of piperidine rings is 1. The van der Waals surface area contributed by atoms with Crippen LogP contribution in [0.2, 0.25) is 0 Å². The van der Waals surface area contributed by atoms with Crippen LogP contribution < -0.4 is 10.5 Å². The fraction of sp³-hybridized carbons (Fsp3) is 0.409. The molecule has 1 aromatic heterocycles. The first kappa shape index (κ1) is 19.8. The van der Waals surface area contributed by atoms with Crippen molar-refractivity contribution in [1.29, 1.82) is 5.26 Å². The van der Waals surface area contributed by atoms with Gasteiger partial charge in [-0.15, -0.1) is 0 Å². The smallest absolute Gasteiger partial charge is 0.409 e. The monoisotopic (exact) mass is 407 g/mol. The van der Waals surface area contributed by atoms with Gasteiger partial charge in [0.25, 0.3) is 0 Å². The van der Waals surface area contributed by atoms with Gasteiger partial charge in [0.15, 0.2) is 0 Å². The zero-order valence-corrected chi connectivity index (χ0v) is 17.4. The summed E-state index contributed by atoms with van der Waals surface area (Å²) in [4.78, 5) is 13.9. The van der Waals surface area contributed by atoms with Gasteiger partial charge in [0, 0.05) is 24.1 Å². The summed E-state index contributed by atoms with van der Waals surface area (Å²) in [5, 5.41) is 14.6. The molecule has 1 aromatic carbocycles. The number of carbonyl (C=O) groups excluding carboxylic acids is 1. The van der Waals surface area contributed by atoms with Gasteiger partial charge in [0.2, 0.25) is 11.8 Å². The number of nitrogens with two attached hydrogens (primary N) is 1. The average molecular weight is 407 g/mol. The normalized spacial score (nSPS) is 17.3. The molecule has 2 aliphatic rings. The molecule has 156 valence electrons. The SMILES string of the molecule is CCOC(=O)N1CCC2(CC1)C(C#N)=C(N)Oc1c2c(C)nn1-c1ccc(C)cc1. The van der Waals surface area contributed by atoms with Crippen molar-refractivity contribution in [3.05, 3.63) is 52.5 Å². The van der Waals surface area contributed by atoms with E-state index in [2.05, 4.69) is 6.07 Å². The molecule has 0 unspecified atom stereocenters. The number of nitriles is 1. The molecule has 0 bridgehead atoms. The summed E-state index contributed by atoms with van der Waals surface area (Å²) in [6, 6.07) is 10.2. The van der Waals surface area contributed by atoms with Gasteiger partial charge in [-0.25, -0.2) is 9.48 Å². The molecule has 2 aromatic rings. The molecule has 8 heteroatoms. The fourth-order valence-corrected chi connectivity index (χ4v) is 4.48. The van der Waals surface area contributed by atoms with Crippen LogP contribution in [0.25, 0.3) is 5.69 Å². The van der Waals surface area contributed by atoms with Crippen molar-refractivity contribution >= 4 is 6.09 Å². The molecule has 0 radical (unpaired) electrons. The number of hydrogen-bond acceptors (Lipinski definition) is 6. The maximum atomic E-state index is 12.2. The zero-order chi connectivity index (χ0) is 21.5. The number of aromatic nitrogens is 2. The molecule has 4 rings (SSSR count). The maximum Gasteiger partial charge on any atom is 0.409 e. The lowest BCUT2D eigenvalue weighted by molar-refractivity contribution is 0.0892. The second-order valence-corrected chi connectivity index (χ2v) is 7.73. The molecule has 2 N–H and O–H groups in total. The summed E-state index contributed by atoms with van der Waals surface area (Å²) < 4.78 is 12.8. The van der Waals surface area contributed by atoms with Gasteiger partial charge in [0.1, 0.15) is 11.6 Å². The third-order valence-electron chi connectivity index (χ3n) is 5.96. The lowest BCUT2D eigenvalue weighted by Crippen LogP contribution is -2.48. The van der Waals surface area contributed by atoms with Gasteiger partial charge in [-0.2, -0.15) is 10.4 Å². The highest BCUT2D eigenvalue weighted by Crippen LogP contribution is 2.51. The molecule has 1 amide bonds. The van der Waals surface area contributed by atoms with E-state index >= 15 is 0 Å². The summed E-state index contributed by atoms with van der Waals surface area (Å²) in [5.74, 6) is 0.639. The van der Waals surface area contributed by atoms with E-state index in [1.54, 1.807) is 16.5 Å². The minimum Gasteiger partial charge on any atom is -0.450 e. The highest BCUT2D eigenvalue weighted by atomic mass is 16.6. The van der Waals surface area contributed by atoms with Crippen LogP contribution >= 0.6 is 0 Å². The predicted octanol–water partition coefficient (Wildman–Crippen LogP) is 3.07. The number of aryl methyl sites for hydroxylation is 2. The van der Waals surface area contributed by atoms with Crippen LogP contribution in [-0.4, -0.2) is 40.5 Å². The Labute approximate surface area is 175 Å². The van der Waals surface area contributed by atoms with Crippen LogP contribution in [0.5, 0.6) is 5.88 Å². The van der Waals surface area contributed by atoms with Crippen LogP contribution in [-0.2, 0) is 10.2 Å². The van der Waals surface area contributed by atoms with Gasteiger partial charge < -0.3 is 20.1 Å². The highest BCUT2D eigenvalue weighted by Gasteiger charge is 2.50. The number of rotatable bonds is 2. The van der Waals surface area contributed by atoms with Crippen molar-refractivity contribution in [2.45, 2.75) is 39.0 Å². The Bertz CT molecular complexity index is 1050. The number of likely N-dealkylation sites (tertiary alicyclic amines) is 1. The number of hydrogen-bond donors (Lipinski definition) is 1. The van der Waals surface area contributed by atoms with Crippen LogP contribution in [0, 0.1) is 25.2 Å². The molecule has 0 saturated carbocycles. The molecular formula is C22H25N5O3. The summed E-state index contributed by atoms with van der Waals surface area (Å²) in [6.07, 6.45) is 0.764. The predicted molar refractivity (Wildman–Crippen MR) is 110 cm³/mol. The summed E-state index contributed by atoms with van der Waals surface area (Å²) in [6.45, 7) is 6.99. The Morgan fingerprint density at radius 3 is 2.57 bits per heavy atom. The molecular weight excluding hydrogens is 382 g/mol. The van der Waals surface area contributed by atoms with Crippen LogP contribution in [0.15, 0.2) is 35.7 Å². The summed E-state index contributed by atoms with van der Waals surface area (Å²) in [7, 11) is 0. The molecule has 0 atom stereocenters. The van der Waals surface area contributed by atoms with E-state index in [4.69, 9.17) is 20.3 Å². The molecule has 2 aliphatic heterocycles. The van der Waals surface area contributed by atoms with Gasteiger partial charge >= 0.3 is 6.09 Å². The topological polar surface area (TPSA) is 106 Å². The van der Waals surface area contributed by atoms with Crippen molar-refractivity contribution in [3.8, 4) is 17.6 Å². The van der Waals surface area contributed by atoms with Crippen LogP contribution in [0.3, 0.4) is 0 Å². The Hall–Kier alpha value is -3.47. The fourth-order valence-electron chi connectivity index (χ4n) is 4.48. The van der Waals surface area contributed by atoms with E-state index in [0.29, 0.717) is 44.0 Å². The number of ether oxygens (including phenoxy) is 2.